The summed E-state index contributed by atoms with van der Waals surface area (Å²) in [6.07, 6.45) is 0.687. The van der Waals surface area contributed by atoms with Crippen LogP contribution in [-0.2, 0) is 16.0 Å². The van der Waals surface area contributed by atoms with Gasteiger partial charge in [0, 0.05) is 12.1 Å². The summed E-state index contributed by atoms with van der Waals surface area (Å²) in [5.41, 5.74) is 2.92. The summed E-state index contributed by atoms with van der Waals surface area (Å²) in [7, 11) is 0. The predicted molar refractivity (Wildman–Crippen MR) is 133 cm³/mol. The molecular weight excluding hydrogens is 444 g/mol. The predicted octanol–water partition coefficient (Wildman–Crippen LogP) is 3.73. The van der Waals surface area contributed by atoms with Crippen LogP contribution in [0.3, 0.4) is 0 Å². The van der Waals surface area contributed by atoms with E-state index in [0.29, 0.717) is 35.7 Å². The van der Waals surface area contributed by atoms with Crippen LogP contribution >= 0.6 is 0 Å². The highest BCUT2D eigenvalue weighted by molar-refractivity contribution is 6.05. The first-order valence-corrected chi connectivity index (χ1v) is 11.6. The van der Waals surface area contributed by atoms with E-state index < -0.39 is 6.04 Å². The molecule has 3 aromatic carbocycles. The van der Waals surface area contributed by atoms with Gasteiger partial charge in [-0.15, -0.1) is 0 Å². The Hall–Kier alpha value is -4.13. The molecule has 7 nitrogen and oxygen atoms in total. The van der Waals surface area contributed by atoms with Crippen molar-refractivity contribution in [2.24, 2.45) is 0 Å². The lowest BCUT2D eigenvalue weighted by molar-refractivity contribution is -0.127. The van der Waals surface area contributed by atoms with Crippen molar-refractivity contribution in [2.45, 2.75) is 26.3 Å². The number of carbonyl (C=O) groups excluding carboxylic acids is 3. The van der Waals surface area contributed by atoms with Crippen molar-refractivity contribution in [3.8, 4) is 11.5 Å². The minimum absolute atomic E-state index is 0.146. The van der Waals surface area contributed by atoms with Crippen molar-refractivity contribution < 1.29 is 23.9 Å². The summed E-state index contributed by atoms with van der Waals surface area (Å²) in [6.45, 7) is 3.75. The van der Waals surface area contributed by atoms with Crippen LogP contribution < -0.4 is 19.7 Å². The number of carbonyl (C=O) groups is 3. The minimum Gasteiger partial charge on any atom is -0.485 e. The van der Waals surface area contributed by atoms with Gasteiger partial charge in [-0.05, 0) is 61.7 Å². The average Bonchev–Trinajstić information content (AvgIpc) is 2.87. The molecule has 0 fully saturated rings. The molecule has 2 amide bonds. The van der Waals surface area contributed by atoms with Crippen LogP contribution in [0.5, 0.6) is 11.5 Å². The minimum atomic E-state index is -0.769. The molecule has 1 aliphatic heterocycles. The molecule has 7 heteroatoms. The molecule has 0 spiro atoms. The molecule has 0 bridgehead atoms. The zero-order valence-corrected chi connectivity index (χ0v) is 19.8. The van der Waals surface area contributed by atoms with Crippen LogP contribution in [0.1, 0.15) is 28.4 Å². The molecular formula is C28H28N2O5. The highest BCUT2D eigenvalue weighted by atomic mass is 16.5. The molecule has 1 atom stereocenters. The molecule has 4 rings (SSSR count). The number of benzene rings is 3. The van der Waals surface area contributed by atoms with Gasteiger partial charge in [-0.3, -0.25) is 19.3 Å². The quantitative estimate of drug-likeness (QED) is 0.480. The van der Waals surface area contributed by atoms with E-state index in [4.69, 9.17) is 9.47 Å². The third-order valence-corrected chi connectivity index (χ3v) is 5.84. The fraction of sp³-hybridized carbons (Fsp3) is 0.250. The van der Waals surface area contributed by atoms with Crippen LogP contribution in [0, 0.1) is 6.92 Å². The standard InChI is InChI=1S/C28H28N2O5/c1-19-7-6-10-23(15-19)34-17-25(31)22-11-12-26-24(16-22)30(27(32)18-35-26)20(2)28(33)29-14-13-21-8-4-3-5-9-21/h3-12,15-16,20H,13-14,17-18H2,1-2H3,(H,29,33). The van der Waals surface area contributed by atoms with Gasteiger partial charge >= 0.3 is 0 Å². The Morgan fingerprint density at radius 1 is 1.06 bits per heavy atom. The van der Waals surface area contributed by atoms with Crippen LogP contribution in [0.2, 0.25) is 0 Å². The lowest BCUT2D eigenvalue weighted by Gasteiger charge is -2.33. The van der Waals surface area contributed by atoms with Gasteiger partial charge in [0.05, 0.1) is 5.69 Å². The normalized spacial score (nSPS) is 13.4. The van der Waals surface area contributed by atoms with Gasteiger partial charge in [0.2, 0.25) is 5.91 Å². The number of hydrogen-bond donors (Lipinski definition) is 1. The maximum Gasteiger partial charge on any atom is 0.265 e. The topological polar surface area (TPSA) is 84.9 Å². The monoisotopic (exact) mass is 472 g/mol. The van der Waals surface area contributed by atoms with Gasteiger partial charge < -0.3 is 14.8 Å². The van der Waals surface area contributed by atoms with Crippen molar-refractivity contribution >= 4 is 23.3 Å². The Morgan fingerprint density at radius 3 is 2.63 bits per heavy atom. The lowest BCUT2D eigenvalue weighted by Crippen LogP contribution is -2.51. The van der Waals surface area contributed by atoms with E-state index in [1.165, 1.54) is 4.90 Å². The number of rotatable bonds is 9. The van der Waals surface area contributed by atoms with E-state index in [-0.39, 0.29) is 30.8 Å². The number of ketones is 1. The molecule has 1 N–H and O–H groups in total. The van der Waals surface area contributed by atoms with Crippen molar-refractivity contribution in [3.63, 3.8) is 0 Å². The zero-order valence-electron chi connectivity index (χ0n) is 19.8. The largest absolute Gasteiger partial charge is 0.485 e. The maximum absolute atomic E-state index is 12.9. The molecule has 0 aromatic heterocycles. The molecule has 1 heterocycles. The Labute approximate surface area is 204 Å². The SMILES string of the molecule is Cc1cccc(OCC(=O)c2ccc3c(c2)N(C(C)C(=O)NCCc2ccccc2)C(=O)CO3)c1. The van der Waals surface area contributed by atoms with Crippen LogP contribution in [0.4, 0.5) is 5.69 Å². The van der Waals surface area contributed by atoms with Gasteiger partial charge in [-0.25, -0.2) is 0 Å². The highest BCUT2D eigenvalue weighted by Gasteiger charge is 2.33. The second-order valence-corrected chi connectivity index (χ2v) is 8.47. The van der Waals surface area contributed by atoms with Crippen molar-refractivity contribution in [2.75, 3.05) is 24.7 Å². The number of nitrogens with one attached hydrogen (secondary N) is 1. The van der Waals surface area contributed by atoms with E-state index in [9.17, 15) is 14.4 Å². The second kappa shape index (κ2) is 10.9. The second-order valence-electron chi connectivity index (χ2n) is 8.47. The third-order valence-electron chi connectivity index (χ3n) is 5.84. The fourth-order valence-electron chi connectivity index (χ4n) is 3.95. The Kier molecular flexibility index (Phi) is 7.45. The summed E-state index contributed by atoms with van der Waals surface area (Å²) in [4.78, 5) is 39.8. The average molecular weight is 473 g/mol. The Balaban J connectivity index is 1.44. The van der Waals surface area contributed by atoms with Crippen molar-refractivity contribution in [1.29, 1.82) is 0 Å². The van der Waals surface area contributed by atoms with Gasteiger partial charge in [-0.1, -0.05) is 42.5 Å². The summed E-state index contributed by atoms with van der Waals surface area (Å²) in [6, 6.07) is 21.4. The zero-order chi connectivity index (χ0) is 24.8. The van der Waals surface area contributed by atoms with Crippen LogP contribution in [0.15, 0.2) is 72.8 Å². The first-order valence-electron chi connectivity index (χ1n) is 11.6. The third kappa shape index (κ3) is 5.87. The molecule has 1 unspecified atom stereocenters. The number of anilines is 1. The smallest absolute Gasteiger partial charge is 0.265 e. The summed E-state index contributed by atoms with van der Waals surface area (Å²) < 4.78 is 11.2. The van der Waals surface area contributed by atoms with Gasteiger partial charge in [0.25, 0.3) is 5.91 Å². The number of amides is 2. The molecule has 0 saturated heterocycles. The first-order chi connectivity index (χ1) is 16.9. The van der Waals surface area contributed by atoms with E-state index in [1.54, 1.807) is 31.2 Å². The van der Waals surface area contributed by atoms with Crippen LogP contribution in [-0.4, -0.2) is 43.4 Å². The molecule has 0 saturated carbocycles. The molecule has 35 heavy (non-hydrogen) atoms. The summed E-state index contributed by atoms with van der Waals surface area (Å²) in [5.74, 6) is 0.194. The van der Waals surface area contributed by atoms with E-state index >= 15 is 0 Å². The number of fused-ring (bicyclic) bond motifs is 1. The van der Waals surface area contributed by atoms with Crippen molar-refractivity contribution in [1.82, 2.24) is 5.32 Å². The molecule has 0 aliphatic carbocycles. The van der Waals surface area contributed by atoms with Gasteiger partial charge in [0.1, 0.15) is 17.5 Å². The lowest BCUT2D eigenvalue weighted by atomic mass is 10.1. The van der Waals surface area contributed by atoms with Gasteiger partial charge in [0.15, 0.2) is 19.0 Å². The fourth-order valence-corrected chi connectivity index (χ4v) is 3.95. The molecule has 3 aromatic rings. The molecule has 0 radical (unpaired) electrons. The van der Waals surface area contributed by atoms with E-state index in [1.807, 2.05) is 55.5 Å². The molecule has 1 aliphatic rings. The van der Waals surface area contributed by atoms with Crippen molar-refractivity contribution in [3.05, 3.63) is 89.5 Å². The number of aryl methyl sites for hydroxylation is 1. The highest BCUT2D eigenvalue weighted by Crippen LogP contribution is 2.34. The Bertz CT molecular complexity index is 1230. The summed E-state index contributed by atoms with van der Waals surface area (Å²) in [5, 5.41) is 2.90. The number of nitrogens with zero attached hydrogens (tertiary/aromatic N) is 1. The first kappa shape index (κ1) is 24.0. The molecule has 180 valence electrons. The van der Waals surface area contributed by atoms with E-state index in [0.717, 1.165) is 11.1 Å². The number of hydrogen-bond acceptors (Lipinski definition) is 5. The number of ether oxygens (including phenoxy) is 2. The number of Topliss-reactive ketones (excluding diaryl/α,β-unsaturated/α-hetero) is 1. The van der Waals surface area contributed by atoms with Gasteiger partial charge in [-0.2, -0.15) is 0 Å². The van der Waals surface area contributed by atoms with Crippen LogP contribution in [0.25, 0.3) is 0 Å². The Morgan fingerprint density at radius 2 is 1.86 bits per heavy atom. The van der Waals surface area contributed by atoms with E-state index in [2.05, 4.69) is 5.32 Å². The summed E-state index contributed by atoms with van der Waals surface area (Å²) >= 11 is 0. The maximum atomic E-state index is 12.9.